The van der Waals surface area contributed by atoms with Crippen molar-refractivity contribution in [1.29, 1.82) is 0 Å². The van der Waals surface area contributed by atoms with E-state index in [-0.39, 0.29) is 0 Å². The average Bonchev–Trinajstić information content (AvgIpc) is 2.49. The largest absolute Gasteiger partial charge is 0.0837 e. The van der Waals surface area contributed by atoms with Gasteiger partial charge in [0.2, 0.25) is 0 Å². The van der Waals surface area contributed by atoms with E-state index < -0.39 is 0 Å². The zero-order valence-corrected chi connectivity index (χ0v) is 13.0. The van der Waals surface area contributed by atoms with Gasteiger partial charge in [0.25, 0.3) is 0 Å². The number of hydrogen-bond donors (Lipinski definition) is 0. The lowest BCUT2D eigenvalue weighted by atomic mass is 9.99. The molecule has 0 aliphatic rings. The number of rotatable bonds is 2. The number of halogens is 2. The second-order valence-electron chi connectivity index (χ2n) is 4.54. The maximum atomic E-state index is 6.35. The van der Waals surface area contributed by atoms with Crippen LogP contribution in [0.25, 0.3) is 22.3 Å². The monoisotopic (exact) mass is 342 g/mol. The molecule has 0 radical (unpaired) electrons. The highest BCUT2D eigenvalue weighted by Gasteiger charge is 2.07. The van der Waals surface area contributed by atoms with Crippen LogP contribution in [-0.4, -0.2) is 0 Å². The second kappa shape index (κ2) is 5.82. The van der Waals surface area contributed by atoms with Gasteiger partial charge in [0.05, 0.1) is 0 Å². The Morgan fingerprint density at radius 1 is 0.650 bits per heavy atom. The van der Waals surface area contributed by atoms with Gasteiger partial charge in [0, 0.05) is 15.1 Å². The average molecular weight is 344 g/mol. The molecule has 0 saturated carbocycles. The molecule has 0 aliphatic heterocycles. The van der Waals surface area contributed by atoms with Crippen molar-refractivity contribution in [3.05, 3.63) is 82.3 Å². The molecule has 0 atom stereocenters. The summed E-state index contributed by atoms with van der Waals surface area (Å²) in [5.41, 5.74) is 4.51. The Hall–Kier alpha value is -1.57. The van der Waals surface area contributed by atoms with Crippen molar-refractivity contribution in [1.82, 2.24) is 0 Å². The van der Waals surface area contributed by atoms with Crippen LogP contribution in [0.3, 0.4) is 0 Å². The quantitative estimate of drug-likeness (QED) is 0.502. The maximum Gasteiger partial charge on any atom is 0.0484 e. The molecule has 2 heteroatoms. The molecule has 3 rings (SSSR count). The standard InChI is InChI=1S/C18H12BrCl/c19-17-9-5-4-8-15(17)14-10-11-18(20)16(12-14)13-6-2-1-3-7-13/h1-12H. The lowest BCUT2D eigenvalue weighted by molar-refractivity contribution is 1.56. The van der Waals surface area contributed by atoms with Gasteiger partial charge in [-0.3, -0.25) is 0 Å². The molecule has 3 aromatic rings. The summed E-state index contributed by atoms with van der Waals surface area (Å²) in [5, 5.41) is 0.770. The first-order valence-corrected chi connectivity index (χ1v) is 7.52. The summed E-state index contributed by atoms with van der Waals surface area (Å²) >= 11 is 9.95. The molecule has 0 fully saturated rings. The molecule has 0 saturated heterocycles. The minimum absolute atomic E-state index is 0.770. The van der Waals surface area contributed by atoms with Gasteiger partial charge in [-0.2, -0.15) is 0 Å². The summed E-state index contributed by atoms with van der Waals surface area (Å²) in [6, 6.07) is 24.6. The van der Waals surface area contributed by atoms with E-state index in [1.54, 1.807) is 0 Å². The van der Waals surface area contributed by atoms with Crippen LogP contribution in [0.2, 0.25) is 5.02 Å². The van der Waals surface area contributed by atoms with E-state index in [2.05, 4.69) is 46.3 Å². The topological polar surface area (TPSA) is 0 Å². The van der Waals surface area contributed by atoms with E-state index in [0.717, 1.165) is 26.2 Å². The zero-order chi connectivity index (χ0) is 13.9. The molecular formula is C18H12BrCl. The summed E-state index contributed by atoms with van der Waals surface area (Å²) in [4.78, 5) is 0. The summed E-state index contributed by atoms with van der Waals surface area (Å²) < 4.78 is 1.08. The van der Waals surface area contributed by atoms with Crippen molar-refractivity contribution >= 4 is 27.5 Å². The lowest BCUT2D eigenvalue weighted by Gasteiger charge is -2.09. The van der Waals surface area contributed by atoms with E-state index in [0.29, 0.717) is 0 Å². The predicted molar refractivity (Wildman–Crippen MR) is 90.0 cm³/mol. The SMILES string of the molecule is Clc1ccc(-c2ccccc2Br)cc1-c1ccccc1. The molecule has 0 aromatic heterocycles. The Morgan fingerprint density at radius 3 is 2.10 bits per heavy atom. The van der Waals surface area contributed by atoms with Crippen molar-refractivity contribution < 1.29 is 0 Å². The van der Waals surface area contributed by atoms with Crippen molar-refractivity contribution in [3.63, 3.8) is 0 Å². The molecule has 0 spiro atoms. The highest BCUT2D eigenvalue weighted by Crippen LogP contribution is 2.34. The first-order valence-electron chi connectivity index (χ1n) is 6.35. The fourth-order valence-electron chi connectivity index (χ4n) is 2.23. The molecule has 20 heavy (non-hydrogen) atoms. The van der Waals surface area contributed by atoms with Crippen LogP contribution in [0.5, 0.6) is 0 Å². The summed E-state index contributed by atoms with van der Waals surface area (Å²) in [6.07, 6.45) is 0. The van der Waals surface area contributed by atoms with Gasteiger partial charge in [0.15, 0.2) is 0 Å². The third kappa shape index (κ3) is 2.65. The Labute approximate surface area is 132 Å². The van der Waals surface area contributed by atoms with Crippen LogP contribution in [0.15, 0.2) is 77.3 Å². The molecule has 98 valence electrons. The third-order valence-corrected chi connectivity index (χ3v) is 4.26. The number of hydrogen-bond acceptors (Lipinski definition) is 0. The molecule has 0 bridgehead atoms. The first kappa shape index (κ1) is 13.4. The lowest BCUT2D eigenvalue weighted by Crippen LogP contribution is -1.84. The van der Waals surface area contributed by atoms with Gasteiger partial charge in [-0.15, -0.1) is 0 Å². The smallest absolute Gasteiger partial charge is 0.0484 e. The van der Waals surface area contributed by atoms with Crippen LogP contribution < -0.4 is 0 Å². The van der Waals surface area contributed by atoms with Crippen LogP contribution in [-0.2, 0) is 0 Å². The van der Waals surface area contributed by atoms with E-state index >= 15 is 0 Å². The van der Waals surface area contributed by atoms with Gasteiger partial charge >= 0.3 is 0 Å². The first-order chi connectivity index (χ1) is 9.75. The molecule has 0 aliphatic carbocycles. The summed E-state index contributed by atoms with van der Waals surface area (Å²) in [5.74, 6) is 0. The Morgan fingerprint density at radius 2 is 1.35 bits per heavy atom. The van der Waals surface area contributed by atoms with Crippen molar-refractivity contribution in [2.45, 2.75) is 0 Å². The molecular weight excluding hydrogens is 332 g/mol. The Bertz CT molecular complexity index is 735. The van der Waals surface area contributed by atoms with Gasteiger partial charge in [-0.05, 0) is 34.9 Å². The highest BCUT2D eigenvalue weighted by molar-refractivity contribution is 9.10. The number of benzene rings is 3. The fraction of sp³-hybridized carbons (Fsp3) is 0. The molecule has 0 nitrogen and oxygen atoms in total. The van der Waals surface area contributed by atoms with E-state index in [4.69, 9.17) is 11.6 Å². The molecule has 0 amide bonds. The van der Waals surface area contributed by atoms with Crippen LogP contribution in [0.1, 0.15) is 0 Å². The maximum absolute atomic E-state index is 6.35. The van der Waals surface area contributed by atoms with Crippen molar-refractivity contribution in [2.24, 2.45) is 0 Å². The van der Waals surface area contributed by atoms with Gasteiger partial charge < -0.3 is 0 Å². The normalized spacial score (nSPS) is 10.5. The fourth-order valence-corrected chi connectivity index (χ4v) is 2.97. The van der Waals surface area contributed by atoms with Crippen LogP contribution >= 0.6 is 27.5 Å². The molecule has 0 unspecified atom stereocenters. The molecule has 0 heterocycles. The predicted octanol–water partition coefficient (Wildman–Crippen LogP) is 6.44. The van der Waals surface area contributed by atoms with Crippen molar-refractivity contribution in [2.75, 3.05) is 0 Å². The second-order valence-corrected chi connectivity index (χ2v) is 5.80. The van der Waals surface area contributed by atoms with Crippen LogP contribution in [0.4, 0.5) is 0 Å². The van der Waals surface area contributed by atoms with Crippen molar-refractivity contribution in [3.8, 4) is 22.3 Å². The zero-order valence-electron chi connectivity index (χ0n) is 10.7. The summed E-state index contributed by atoms with van der Waals surface area (Å²) in [7, 11) is 0. The van der Waals surface area contributed by atoms with Gasteiger partial charge in [0.1, 0.15) is 0 Å². The molecule has 0 N–H and O–H groups in total. The Kier molecular flexibility index (Phi) is 3.90. The summed E-state index contributed by atoms with van der Waals surface area (Å²) in [6.45, 7) is 0. The highest BCUT2D eigenvalue weighted by atomic mass is 79.9. The molecule has 3 aromatic carbocycles. The van der Waals surface area contributed by atoms with E-state index in [9.17, 15) is 0 Å². The van der Waals surface area contributed by atoms with Gasteiger partial charge in [-0.1, -0.05) is 82.1 Å². The minimum atomic E-state index is 0.770. The van der Waals surface area contributed by atoms with Crippen LogP contribution in [0, 0.1) is 0 Å². The minimum Gasteiger partial charge on any atom is -0.0837 e. The van der Waals surface area contributed by atoms with E-state index in [1.165, 1.54) is 5.56 Å². The Balaban J connectivity index is 2.15. The third-order valence-electron chi connectivity index (χ3n) is 3.24. The van der Waals surface area contributed by atoms with E-state index in [1.807, 2.05) is 42.5 Å². The van der Waals surface area contributed by atoms with Gasteiger partial charge in [-0.25, -0.2) is 0 Å².